The fraction of sp³-hybridized carbons (Fsp3) is 0.333. The van der Waals surface area contributed by atoms with Crippen LogP contribution in [0.1, 0.15) is 12.0 Å². The molecule has 1 unspecified atom stereocenters. The molecule has 0 amide bonds. The highest BCUT2D eigenvalue weighted by molar-refractivity contribution is 9.10. The van der Waals surface area contributed by atoms with Crippen LogP contribution in [0.3, 0.4) is 0 Å². The van der Waals surface area contributed by atoms with Gasteiger partial charge in [0.05, 0.1) is 0 Å². The largest absolute Gasteiger partial charge is 0.352 e. The van der Waals surface area contributed by atoms with E-state index in [0.717, 1.165) is 23.4 Å². The summed E-state index contributed by atoms with van der Waals surface area (Å²) >= 11 is 3.43. The van der Waals surface area contributed by atoms with Crippen molar-refractivity contribution in [2.75, 3.05) is 25.0 Å². The van der Waals surface area contributed by atoms with Crippen LogP contribution in [0.25, 0.3) is 0 Å². The molecule has 1 aliphatic heterocycles. The van der Waals surface area contributed by atoms with Crippen molar-refractivity contribution < 1.29 is 4.39 Å². The number of halogens is 2. The molecule has 1 aliphatic rings. The molecule has 5 nitrogen and oxygen atoms in total. The fourth-order valence-electron chi connectivity index (χ4n) is 2.86. The lowest BCUT2D eigenvalue weighted by molar-refractivity contribution is 0.612. The molecule has 2 aromatic rings. The normalized spacial score (nSPS) is 17.6. The number of anilines is 1. The summed E-state index contributed by atoms with van der Waals surface area (Å²) in [4.78, 5) is 10.4. The van der Waals surface area contributed by atoms with Gasteiger partial charge in [0.2, 0.25) is 0 Å². The van der Waals surface area contributed by atoms with Crippen molar-refractivity contribution >= 4 is 27.7 Å². The summed E-state index contributed by atoms with van der Waals surface area (Å²) in [5.74, 6) is 0.891. The van der Waals surface area contributed by atoms with E-state index in [-0.39, 0.29) is 11.9 Å². The van der Waals surface area contributed by atoms with E-state index in [4.69, 9.17) is 0 Å². The minimum absolute atomic E-state index is 0.206. The lowest BCUT2D eigenvalue weighted by Gasteiger charge is -2.20. The van der Waals surface area contributed by atoms with Gasteiger partial charge in [-0.2, -0.15) is 0 Å². The highest BCUT2D eigenvalue weighted by atomic mass is 79.9. The van der Waals surface area contributed by atoms with Crippen LogP contribution in [0.2, 0.25) is 0 Å². The quantitative estimate of drug-likeness (QED) is 0.606. The first kappa shape index (κ1) is 17.7. The van der Waals surface area contributed by atoms with Crippen LogP contribution < -0.4 is 15.5 Å². The fourth-order valence-corrected chi connectivity index (χ4v) is 3.12. The third-order valence-electron chi connectivity index (χ3n) is 4.16. The van der Waals surface area contributed by atoms with Gasteiger partial charge in [-0.15, -0.1) is 0 Å². The zero-order valence-electron chi connectivity index (χ0n) is 14.0. The summed E-state index contributed by atoms with van der Waals surface area (Å²) < 4.78 is 14.9. The number of nitrogens with zero attached hydrogens (tertiary/aromatic N) is 3. The highest BCUT2D eigenvalue weighted by Gasteiger charge is 2.25. The van der Waals surface area contributed by atoms with Crippen LogP contribution in [0.4, 0.5) is 10.2 Å². The maximum atomic E-state index is 13.9. The maximum absolute atomic E-state index is 13.9. The van der Waals surface area contributed by atoms with Crippen LogP contribution in [-0.4, -0.2) is 37.1 Å². The monoisotopic (exact) mass is 405 g/mol. The summed E-state index contributed by atoms with van der Waals surface area (Å²) in [7, 11) is 1.75. The molecule has 25 heavy (non-hydrogen) atoms. The lowest BCUT2D eigenvalue weighted by atomic mass is 10.2. The van der Waals surface area contributed by atoms with Gasteiger partial charge in [-0.05, 0) is 36.2 Å². The first-order valence-electron chi connectivity index (χ1n) is 8.23. The first-order chi connectivity index (χ1) is 12.2. The van der Waals surface area contributed by atoms with E-state index in [1.165, 1.54) is 11.6 Å². The second kappa shape index (κ2) is 8.29. The number of guanidine groups is 1. The molecule has 0 aliphatic carbocycles. The Labute approximate surface area is 155 Å². The predicted molar refractivity (Wildman–Crippen MR) is 102 cm³/mol. The Morgan fingerprint density at radius 2 is 2.16 bits per heavy atom. The van der Waals surface area contributed by atoms with Gasteiger partial charge in [0.1, 0.15) is 0 Å². The van der Waals surface area contributed by atoms with E-state index < -0.39 is 0 Å². The van der Waals surface area contributed by atoms with Crippen molar-refractivity contribution in [3.05, 3.63) is 58.4 Å². The van der Waals surface area contributed by atoms with Crippen molar-refractivity contribution in [3.63, 3.8) is 0 Å². The second-order valence-corrected chi connectivity index (χ2v) is 6.85. The SMILES string of the molecule is CN=C(NCc1ccc(Br)cc1)NC1CCN(c2ncccc2F)C1. The third-order valence-corrected chi connectivity index (χ3v) is 4.69. The van der Waals surface area contributed by atoms with Gasteiger partial charge in [0.15, 0.2) is 17.6 Å². The van der Waals surface area contributed by atoms with Gasteiger partial charge >= 0.3 is 0 Å². The molecule has 7 heteroatoms. The topological polar surface area (TPSA) is 52.6 Å². The minimum Gasteiger partial charge on any atom is -0.352 e. The van der Waals surface area contributed by atoms with Gasteiger partial charge < -0.3 is 15.5 Å². The van der Waals surface area contributed by atoms with Gasteiger partial charge in [0, 0.05) is 43.4 Å². The standard InChI is InChI=1S/C18H21BrFN5/c1-21-18(23-11-13-4-6-14(19)7-5-13)24-15-8-10-25(12-15)17-16(20)3-2-9-22-17/h2-7,9,15H,8,10-12H2,1H3,(H2,21,23,24). The Kier molecular flexibility index (Phi) is 5.86. The molecule has 0 spiro atoms. The molecule has 2 N–H and O–H groups in total. The number of aliphatic imine (C=N–C) groups is 1. The zero-order chi connectivity index (χ0) is 17.6. The van der Waals surface area contributed by atoms with Crippen LogP contribution in [-0.2, 0) is 6.54 Å². The smallest absolute Gasteiger partial charge is 0.191 e. The summed E-state index contributed by atoms with van der Waals surface area (Å²) in [6, 6.07) is 11.4. The Morgan fingerprint density at radius 3 is 2.88 bits per heavy atom. The summed E-state index contributed by atoms with van der Waals surface area (Å²) in [6.45, 7) is 2.17. The van der Waals surface area contributed by atoms with Crippen molar-refractivity contribution in [2.45, 2.75) is 19.0 Å². The van der Waals surface area contributed by atoms with Crippen LogP contribution in [0, 0.1) is 5.82 Å². The highest BCUT2D eigenvalue weighted by Crippen LogP contribution is 2.20. The average Bonchev–Trinajstić information content (AvgIpc) is 3.08. The van der Waals surface area contributed by atoms with Crippen molar-refractivity contribution in [2.24, 2.45) is 4.99 Å². The molecule has 0 bridgehead atoms. The lowest BCUT2D eigenvalue weighted by Crippen LogP contribution is -2.44. The van der Waals surface area contributed by atoms with Crippen molar-refractivity contribution in [3.8, 4) is 0 Å². The van der Waals surface area contributed by atoms with Crippen LogP contribution in [0.15, 0.2) is 52.1 Å². The van der Waals surface area contributed by atoms with E-state index in [0.29, 0.717) is 18.9 Å². The minimum atomic E-state index is -0.277. The molecular weight excluding hydrogens is 385 g/mol. The molecule has 2 heterocycles. The van der Waals surface area contributed by atoms with E-state index >= 15 is 0 Å². The number of hydrogen-bond acceptors (Lipinski definition) is 3. The van der Waals surface area contributed by atoms with Gasteiger partial charge in [0.25, 0.3) is 0 Å². The summed E-state index contributed by atoms with van der Waals surface area (Å²) in [5, 5.41) is 6.72. The zero-order valence-corrected chi connectivity index (χ0v) is 15.6. The molecule has 1 aromatic heterocycles. The van der Waals surface area contributed by atoms with E-state index in [1.807, 2.05) is 17.0 Å². The van der Waals surface area contributed by atoms with Gasteiger partial charge in [-0.3, -0.25) is 4.99 Å². The third kappa shape index (κ3) is 4.69. The Morgan fingerprint density at radius 1 is 1.36 bits per heavy atom. The van der Waals surface area contributed by atoms with Gasteiger partial charge in [-0.1, -0.05) is 28.1 Å². The molecular formula is C18H21BrFN5. The van der Waals surface area contributed by atoms with Crippen molar-refractivity contribution in [1.29, 1.82) is 0 Å². The molecule has 3 rings (SSSR count). The molecule has 1 fully saturated rings. The maximum Gasteiger partial charge on any atom is 0.191 e. The first-order valence-corrected chi connectivity index (χ1v) is 9.02. The molecule has 0 saturated carbocycles. The summed E-state index contributed by atoms with van der Waals surface area (Å²) in [6.07, 6.45) is 2.53. The van der Waals surface area contributed by atoms with Crippen LogP contribution in [0.5, 0.6) is 0 Å². The molecule has 1 saturated heterocycles. The van der Waals surface area contributed by atoms with Crippen LogP contribution >= 0.6 is 15.9 Å². The average molecular weight is 406 g/mol. The van der Waals surface area contributed by atoms with E-state index in [1.54, 1.807) is 19.3 Å². The molecule has 0 radical (unpaired) electrons. The predicted octanol–water partition coefficient (Wildman–Crippen LogP) is 2.93. The second-order valence-electron chi connectivity index (χ2n) is 5.94. The Balaban J connectivity index is 1.53. The number of hydrogen-bond donors (Lipinski definition) is 2. The number of aromatic nitrogens is 1. The Bertz CT molecular complexity index is 735. The van der Waals surface area contributed by atoms with E-state index in [9.17, 15) is 4.39 Å². The number of pyridine rings is 1. The number of rotatable bonds is 4. The van der Waals surface area contributed by atoms with Crippen molar-refractivity contribution in [1.82, 2.24) is 15.6 Å². The number of benzene rings is 1. The Hall–Kier alpha value is -2.15. The molecule has 1 aromatic carbocycles. The van der Waals surface area contributed by atoms with Gasteiger partial charge in [-0.25, -0.2) is 9.37 Å². The molecule has 132 valence electrons. The van der Waals surface area contributed by atoms with E-state index in [2.05, 4.69) is 48.7 Å². The summed E-state index contributed by atoms with van der Waals surface area (Å²) in [5.41, 5.74) is 1.18. The number of nitrogens with one attached hydrogen (secondary N) is 2. The molecule has 1 atom stereocenters.